The van der Waals surface area contributed by atoms with E-state index in [4.69, 9.17) is 0 Å². The number of hydrogen-bond acceptors (Lipinski definition) is 2. The van der Waals surface area contributed by atoms with Crippen molar-refractivity contribution in [3.8, 4) is 0 Å². The summed E-state index contributed by atoms with van der Waals surface area (Å²) in [6, 6.07) is 0.473. The van der Waals surface area contributed by atoms with E-state index >= 15 is 0 Å². The Kier molecular flexibility index (Phi) is 4.60. The maximum absolute atomic E-state index is 9.97. The molecule has 0 aromatic rings. The molecule has 0 aromatic carbocycles. The van der Waals surface area contributed by atoms with Crippen LogP contribution in [0.4, 0.5) is 0 Å². The zero-order chi connectivity index (χ0) is 11.6. The highest BCUT2D eigenvalue weighted by Crippen LogP contribution is 2.24. The first-order valence-electron chi connectivity index (χ1n) is 5.53. The van der Waals surface area contributed by atoms with Crippen molar-refractivity contribution >= 4 is 0 Å². The van der Waals surface area contributed by atoms with Crippen molar-refractivity contribution in [2.45, 2.75) is 59.6 Å². The Morgan fingerprint density at radius 2 is 1.64 bits per heavy atom. The van der Waals surface area contributed by atoms with Gasteiger partial charge in [-0.05, 0) is 32.7 Å². The summed E-state index contributed by atoms with van der Waals surface area (Å²) in [5.74, 6) is 0. The summed E-state index contributed by atoms with van der Waals surface area (Å²) >= 11 is 0. The molecule has 0 spiro atoms. The molecule has 0 radical (unpaired) electrons. The lowest BCUT2D eigenvalue weighted by atomic mass is 9.86. The van der Waals surface area contributed by atoms with E-state index in [1.165, 1.54) is 0 Å². The molecule has 86 valence electrons. The average molecular weight is 201 g/mol. The van der Waals surface area contributed by atoms with Crippen LogP contribution in [0.1, 0.15) is 48.0 Å². The Hall–Kier alpha value is -0.0800. The van der Waals surface area contributed by atoms with Gasteiger partial charge in [-0.25, -0.2) is 0 Å². The second-order valence-corrected chi connectivity index (χ2v) is 5.81. The van der Waals surface area contributed by atoms with Crippen LogP contribution >= 0.6 is 0 Å². The monoisotopic (exact) mass is 201 g/mol. The van der Waals surface area contributed by atoms with Crippen molar-refractivity contribution < 1.29 is 5.11 Å². The minimum Gasteiger partial charge on any atom is -0.389 e. The molecular weight excluding hydrogens is 174 g/mol. The summed E-state index contributed by atoms with van der Waals surface area (Å²) in [6.45, 7) is 13.6. The van der Waals surface area contributed by atoms with E-state index in [0.29, 0.717) is 6.04 Å². The van der Waals surface area contributed by atoms with Gasteiger partial charge in [0.2, 0.25) is 0 Å². The summed E-state index contributed by atoms with van der Waals surface area (Å²) < 4.78 is 0. The molecule has 0 aliphatic carbocycles. The predicted molar refractivity (Wildman–Crippen MR) is 62.5 cm³/mol. The minimum atomic E-state index is -0.561. The first-order chi connectivity index (χ1) is 6.10. The van der Waals surface area contributed by atoms with Gasteiger partial charge in [-0.2, -0.15) is 0 Å². The van der Waals surface area contributed by atoms with Gasteiger partial charge in [-0.3, -0.25) is 0 Å². The van der Waals surface area contributed by atoms with Gasteiger partial charge in [0.15, 0.2) is 0 Å². The molecule has 0 heterocycles. The summed E-state index contributed by atoms with van der Waals surface area (Å²) in [5, 5.41) is 9.97. The standard InChI is InChI=1S/C12H27NO/c1-8-12(6,14)9-13(7)10(2)11(3,4)5/h10,14H,8-9H2,1-7H3. The maximum atomic E-state index is 9.97. The summed E-state index contributed by atoms with van der Waals surface area (Å²) in [7, 11) is 2.08. The van der Waals surface area contributed by atoms with Crippen molar-refractivity contribution in [3.05, 3.63) is 0 Å². The molecule has 2 unspecified atom stereocenters. The van der Waals surface area contributed by atoms with Crippen LogP contribution in [0.25, 0.3) is 0 Å². The highest BCUT2D eigenvalue weighted by Gasteiger charge is 2.28. The van der Waals surface area contributed by atoms with Gasteiger partial charge in [-0.15, -0.1) is 0 Å². The van der Waals surface area contributed by atoms with Crippen molar-refractivity contribution in [1.29, 1.82) is 0 Å². The molecule has 0 aromatic heterocycles. The fourth-order valence-corrected chi connectivity index (χ4v) is 1.45. The Bertz CT molecular complexity index is 170. The van der Waals surface area contributed by atoms with E-state index in [0.717, 1.165) is 13.0 Å². The third-order valence-corrected chi connectivity index (χ3v) is 3.27. The van der Waals surface area contributed by atoms with Crippen molar-refractivity contribution in [1.82, 2.24) is 4.90 Å². The third-order valence-electron chi connectivity index (χ3n) is 3.27. The van der Waals surface area contributed by atoms with Crippen LogP contribution in [0.2, 0.25) is 0 Å². The smallest absolute Gasteiger partial charge is 0.0743 e. The summed E-state index contributed by atoms with van der Waals surface area (Å²) in [4.78, 5) is 2.24. The van der Waals surface area contributed by atoms with Crippen LogP contribution in [-0.4, -0.2) is 35.2 Å². The molecule has 0 saturated heterocycles. The molecule has 1 N–H and O–H groups in total. The first-order valence-corrected chi connectivity index (χ1v) is 5.53. The molecule has 2 atom stereocenters. The van der Waals surface area contributed by atoms with E-state index in [1.807, 2.05) is 13.8 Å². The predicted octanol–water partition coefficient (Wildman–Crippen LogP) is 2.51. The van der Waals surface area contributed by atoms with Gasteiger partial charge in [-0.1, -0.05) is 27.7 Å². The normalized spacial score (nSPS) is 19.5. The number of nitrogens with zero attached hydrogens (tertiary/aromatic N) is 1. The van der Waals surface area contributed by atoms with E-state index in [2.05, 4.69) is 39.6 Å². The van der Waals surface area contributed by atoms with Gasteiger partial charge >= 0.3 is 0 Å². The average Bonchev–Trinajstić information content (AvgIpc) is 2.00. The lowest BCUT2D eigenvalue weighted by Gasteiger charge is -2.38. The molecular formula is C12H27NO. The molecule has 0 aliphatic rings. The second kappa shape index (κ2) is 4.63. The molecule has 14 heavy (non-hydrogen) atoms. The van der Waals surface area contributed by atoms with Crippen molar-refractivity contribution in [2.75, 3.05) is 13.6 Å². The van der Waals surface area contributed by atoms with Crippen LogP contribution in [0, 0.1) is 5.41 Å². The quantitative estimate of drug-likeness (QED) is 0.755. The van der Waals surface area contributed by atoms with Crippen LogP contribution in [-0.2, 0) is 0 Å². The first kappa shape index (κ1) is 13.9. The van der Waals surface area contributed by atoms with Crippen LogP contribution in [0.15, 0.2) is 0 Å². The second-order valence-electron chi connectivity index (χ2n) is 5.81. The SMILES string of the molecule is CCC(C)(O)CN(C)C(C)C(C)(C)C. The van der Waals surface area contributed by atoms with E-state index < -0.39 is 5.60 Å². The third kappa shape index (κ3) is 4.43. The number of hydrogen-bond donors (Lipinski definition) is 1. The Morgan fingerprint density at radius 1 is 1.21 bits per heavy atom. The maximum Gasteiger partial charge on any atom is 0.0743 e. The van der Waals surface area contributed by atoms with Crippen LogP contribution in [0.5, 0.6) is 0 Å². The molecule has 0 bridgehead atoms. The fourth-order valence-electron chi connectivity index (χ4n) is 1.45. The molecule has 0 aliphatic heterocycles. The highest BCUT2D eigenvalue weighted by atomic mass is 16.3. The van der Waals surface area contributed by atoms with Gasteiger partial charge in [0.1, 0.15) is 0 Å². The number of likely N-dealkylation sites (N-methyl/N-ethyl adjacent to an activating group) is 1. The van der Waals surface area contributed by atoms with Crippen molar-refractivity contribution in [3.63, 3.8) is 0 Å². The largest absolute Gasteiger partial charge is 0.389 e. The van der Waals surface area contributed by atoms with Crippen LogP contribution in [0.3, 0.4) is 0 Å². The molecule has 0 fully saturated rings. The molecule has 2 nitrogen and oxygen atoms in total. The molecule has 0 rings (SSSR count). The Morgan fingerprint density at radius 3 is 1.93 bits per heavy atom. The molecule has 2 heteroatoms. The fraction of sp³-hybridized carbons (Fsp3) is 1.00. The van der Waals surface area contributed by atoms with Gasteiger partial charge in [0.25, 0.3) is 0 Å². The highest BCUT2D eigenvalue weighted by molar-refractivity contribution is 4.82. The van der Waals surface area contributed by atoms with Gasteiger partial charge in [0, 0.05) is 12.6 Å². The summed E-state index contributed by atoms with van der Waals surface area (Å²) in [5.41, 5.74) is -0.299. The lowest BCUT2D eigenvalue weighted by molar-refractivity contribution is -0.000953. The van der Waals surface area contributed by atoms with Gasteiger partial charge < -0.3 is 10.0 Å². The molecule has 0 amide bonds. The topological polar surface area (TPSA) is 23.5 Å². The van der Waals surface area contributed by atoms with E-state index in [9.17, 15) is 5.11 Å². The number of rotatable bonds is 4. The minimum absolute atomic E-state index is 0.262. The van der Waals surface area contributed by atoms with Gasteiger partial charge in [0.05, 0.1) is 5.60 Å². The van der Waals surface area contributed by atoms with Crippen molar-refractivity contribution in [2.24, 2.45) is 5.41 Å². The van der Waals surface area contributed by atoms with E-state index in [-0.39, 0.29) is 5.41 Å². The molecule has 0 saturated carbocycles. The lowest BCUT2D eigenvalue weighted by Crippen LogP contribution is -2.46. The number of aliphatic hydroxyl groups is 1. The zero-order valence-electron chi connectivity index (χ0n) is 10.9. The zero-order valence-corrected chi connectivity index (χ0v) is 10.9. The van der Waals surface area contributed by atoms with Crippen LogP contribution < -0.4 is 0 Å². The Balaban J connectivity index is 4.28. The Labute approximate surface area is 89.3 Å². The van der Waals surface area contributed by atoms with E-state index in [1.54, 1.807) is 0 Å². The summed E-state index contributed by atoms with van der Waals surface area (Å²) in [6.07, 6.45) is 0.800.